The maximum atomic E-state index is 13.1. The predicted octanol–water partition coefficient (Wildman–Crippen LogP) is 6.61. The number of hydrogen-bond acceptors (Lipinski definition) is 8. The highest BCUT2D eigenvalue weighted by atomic mass is 79.9. The lowest BCUT2D eigenvalue weighted by atomic mass is 10.1. The number of carbonyl (C=O) groups is 3. The lowest BCUT2D eigenvalue weighted by molar-refractivity contribution is -0.137. The molecule has 14 heteroatoms. The number of rotatable bonds is 9. The summed E-state index contributed by atoms with van der Waals surface area (Å²) < 4.78 is 56.3. The summed E-state index contributed by atoms with van der Waals surface area (Å²) in [5, 5.41) is 10.8. The van der Waals surface area contributed by atoms with Crippen LogP contribution in [0.15, 0.2) is 64.0 Å². The van der Waals surface area contributed by atoms with E-state index in [4.69, 9.17) is 14.2 Å². The first-order valence-electron chi connectivity index (χ1n) is 12.2. The molecule has 0 atom stereocenters. The number of imide groups is 1. The Kier molecular flexibility index (Phi) is 9.67. The third-order valence-corrected chi connectivity index (χ3v) is 7.53. The third kappa shape index (κ3) is 7.30. The number of hydrogen-bond donors (Lipinski definition) is 1. The van der Waals surface area contributed by atoms with Crippen LogP contribution >= 0.6 is 27.7 Å². The Morgan fingerprint density at radius 3 is 2.49 bits per heavy atom. The molecule has 9 nitrogen and oxygen atoms in total. The number of nitrogens with one attached hydrogen (secondary N) is 1. The molecule has 1 aliphatic heterocycles. The van der Waals surface area contributed by atoms with E-state index >= 15 is 0 Å². The molecule has 43 heavy (non-hydrogen) atoms. The zero-order valence-corrected chi connectivity index (χ0v) is 24.9. The lowest BCUT2D eigenvalue weighted by Gasteiger charge is -2.16. The number of benzene rings is 3. The smallest absolute Gasteiger partial charge is 0.416 e. The van der Waals surface area contributed by atoms with Crippen LogP contribution in [0.3, 0.4) is 0 Å². The minimum Gasteiger partial charge on any atom is -0.495 e. The molecule has 0 unspecified atom stereocenters. The van der Waals surface area contributed by atoms with Gasteiger partial charge in [-0.2, -0.15) is 18.4 Å². The number of amides is 3. The molecule has 3 amide bonds. The molecule has 0 saturated carbocycles. The van der Waals surface area contributed by atoms with Gasteiger partial charge in [0.15, 0.2) is 11.5 Å². The number of anilines is 1. The monoisotopic (exact) mass is 675 g/mol. The summed E-state index contributed by atoms with van der Waals surface area (Å²) in [5.41, 5.74) is 0.333. The van der Waals surface area contributed by atoms with Crippen molar-refractivity contribution in [1.82, 2.24) is 4.90 Å². The maximum absolute atomic E-state index is 13.1. The fourth-order valence-corrected chi connectivity index (χ4v) is 5.38. The van der Waals surface area contributed by atoms with Gasteiger partial charge in [0.05, 0.1) is 46.5 Å². The lowest BCUT2D eigenvalue weighted by Crippen LogP contribution is -2.36. The molecule has 1 N–H and O–H groups in total. The first kappa shape index (κ1) is 31.5. The van der Waals surface area contributed by atoms with Gasteiger partial charge in [0.1, 0.15) is 18.9 Å². The molecule has 1 heterocycles. The summed E-state index contributed by atoms with van der Waals surface area (Å²) in [5.74, 6) is -1.03. The van der Waals surface area contributed by atoms with Crippen molar-refractivity contribution in [2.75, 3.05) is 26.1 Å². The largest absolute Gasteiger partial charge is 0.495 e. The van der Waals surface area contributed by atoms with Gasteiger partial charge in [-0.15, -0.1) is 0 Å². The van der Waals surface area contributed by atoms with Crippen molar-refractivity contribution in [2.24, 2.45) is 0 Å². The van der Waals surface area contributed by atoms with E-state index in [1.807, 2.05) is 0 Å². The number of ether oxygens (including phenoxy) is 3. The molecule has 1 fully saturated rings. The molecule has 3 aromatic rings. The second-order valence-corrected chi connectivity index (χ2v) is 10.7. The van der Waals surface area contributed by atoms with Gasteiger partial charge in [-0.1, -0.05) is 18.2 Å². The van der Waals surface area contributed by atoms with Crippen LogP contribution < -0.4 is 19.5 Å². The second-order valence-electron chi connectivity index (χ2n) is 8.82. The van der Waals surface area contributed by atoms with E-state index in [1.165, 1.54) is 20.3 Å². The van der Waals surface area contributed by atoms with E-state index in [0.29, 0.717) is 55.4 Å². The highest BCUT2D eigenvalue weighted by Gasteiger charge is 2.37. The summed E-state index contributed by atoms with van der Waals surface area (Å²) in [6, 6.07) is 14.8. The highest BCUT2D eigenvalue weighted by molar-refractivity contribution is 9.10. The Hall–Kier alpha value is -4.48. The minimum absolute atomic E-state index is 0.0139. The number of methoxy groups -OCH3 is 2. The van der Waals surface area contributed by atoms with Crippen molar-refractivity contribution in [2.45, 2.75) is 12.8 Å². The van der Waals surface area contributed by atoms with Crippen LogP contribution in [0, 0.1) is 11.3 Å². The Balaban J connectivity index is 1.49. The number of thioether (sulfide) groups is 1. The van der Waals surface area contributed by atoms with E-state index in [9.17, 15) is 32.8 Å². The van der Waals surface area contributed by atoms with Crippen LogP contribution in [0.5, 0.6) is 17.2 Å². The zero-order chi connectivity index (χ0) is 31.3. The molecule has 0 aliphatic carbocycles. The van der Waals surface area contributed by atoms with Gasteiger partial charge in [-0.3, -0.25) is 19.3 Å². The Morgan fingerprint density at radius 2 is 1.81 bits per heavy atom. The van der Waals surface area contributed by atoms with Gasteiger partial charge in [0.2, 0.25) is 5.91 Å². The average molecular weight is 676 g/mol. The molecule has 1 aliphatic rings. The van der Waals surface area contributed by atoms with Crippen LogP contribution in [0.2, 0.25) is 0 Å². The minimum atomic E-state index is -4.66. The topological polar surface area (TPSA) is 118 Å². The standard InChI is InChI=1S/C29H21BrF3N3O6S/c1-40-22-8-7-19(29(31,32)33)12-21(22)35-25(37)14-36-27(38)24(43-28(36)39)11-16-9-20(30)26(23(10-16)41-2)42-15-18-6-4-3-5-17(18)13-34/h3-12H,14-15H2,1-2H3,(H,35,37)/b24-11-. The zero-order valence-electron chi connectivity index (χ0n) is 22.5. The SMILES string of the molecule is COc1ccc(C(F)(F)F)cc1NC(=O)CN1C(=O)S/C(=C\c2cc(Br)c(OCc3ccccc3C#N)c(OC)c2)C1=O. The van der Waals surface area contributed by atoms with Gasteiger partial charge in [-0.25, -0.2) is 0 Å². The van der Waals surface area contributed by atoms with Crippen LogP contribution in [0.25, 0.3) is 6.08 Å². The molecule has 0 radical (unpaired) electrons. The van der Waals surface area contributed by atoms with E-state index in [1.54, 1.807) is 36.4 Å². The number of nitriles is 1. The quantitative estimate of drug-likeness (QED) is 0.252. The van der Waals surface area contributed by atoms with E-state index < -0.39 is 35.3 Å². The van der Waals surface area contributed by atoms with E-state index in [2.05, 4.69) is 27.3 Å². The first-order chi connectivity index (χ1) is 20.4. The van der Waals surface area contributed by atoms with Gasteiger partial charge in [0, 0.05) is 5.56 Å². The predicted molar refractivity (Wildman–Crippen MR) is 155 cm³/mol. The molecular formula is C29H21BrF3N3O6S. The Labute approximate surface area is 256 Å². The molecule has 222 valence electrons. The van der Waals surface area contributed by atoms with Crippen molar-refractivity contribution >= 4 is 56.5 Å². The Bertz CT molecular complexity index is 1670. The third-order valence-electron chi connectivity index (χ3n) is 6.04. The molecular weight excluding hydrogens is 655 g/mol. The summed E-state index contributed by atoms with van der Waals surface area (Å²) in [7, 11) is 2.65. The van der Waals surface area contributed by atoms with E-state index in [-0.39, 0.29) is 22.9 Å². The maximum Gasteiger partial charge on any atom is 0.416 e. The Morgan fingerprint density at radius 1 is 1.09 bits per heavy atom. The first-order valence-corrected chi connectivity index (χ1v) is 13.8. The van der Waals surface area contributed by atoms with Gasteiger partial charge in [0.25, 0.3) is 11.1 Å². The van der Waals surface area contributed by atoms with Crippen LogP contribution in [-0.4, -0.2) is 42.7 Å². The van der Waals surface area contributed by atoms with Crippen LogP contribution in [-0.2, 0) is 22.4 Å². The summed E-state index contributed by atoms with van der Waals surface area (Å²) in [6.07, 6.45) is -3.23. The summed E-state index contributed by atoms with van der Waals surface area (Å²) in [6.45, 7) is -0.642. The van der Waals surface area contributed by atoms with Crippen molar-refractivity contribution in [3.63, 3.8) is 0 Å². The number of carbonyl (C=O) groups excluding carboxylic acids is 3. The summed E-state index contributed by atoms with van der Waals surface area (Å²) in [4.78, 5) is 38.9. The van der Waals surface area contributed by atoms with Gasteiger partial charge in [-0.05, 0) is 75.7 Å². The summed E-state index contributed by atoms with van der Waals surface area (Å²) >= 11 is 4.03. The van der Waals surface area contributed by atoms with Gasteiger partial charge >= 0.3 is 6.18 Å². The molecule has 4 rings (SSSR count). The fourth-order valence-electron chi connectivity index (χ4n) is 3.97. The normalized spacial score (nSPS) is 14.1. The van der Waals surface area contributed by atoms with E-state index in [0.717, 1.165) is 12.1 Å². The molecule has 1 saturated heterocycles. The van der Waals surface area contributed by atoms with Crippen LogP contribution in [0.1, 0.15) is 22.3 Å². The fraction of sp³-hybridized carbons (Fsp3) is 0.172. The van der Waals surface area contributed by atoms with Crippen molar-refractivity contribution in [1.29, 1.82) is 5.26 Å². The van der Waals surface area contributed by atoms with Crippen molar-refractivity contribution in [3.05, 3.63) is 86.2 Å². The van der Waals surface area contributed by atoms with Crippen LogP contribution in [0.4, 0.5) is 23.7 Å². The number of halogens is 4. The highest BCUT2D eigenvalue weighted by Crippen LogP contribution is 2.40. The number of nitrogens with zero attached hydrogens (tertiary/aromatic N) is 2. The average Bonchev–Trinajstić information content (AvgIpc) is 3.22. The van der Waals surface area contributed by atoms with Gasteiger partial charge < -0.3 is 19.5 Å². The van der Waals surface area contributed by atoms with Crippen molar-refractivity contribution < 1.29 is 41.8 Å². The number of alkyl halides is 3. The molecule has 0 aromatic heterocycles. The molecule has 3 aromatic carbocycles. The molecule has 0 spiro atoms. The second kappa shape index (κ2) is 13.2. The van der Waals surface area contributed by atoms with Crippen molar-refractivity contribution in [3.8, 4) is 23.3 Å². The molecule has 0 bridgehead atoms.